The second-order valence-electron chi connectivity index (χ2n) is 4.53. The zero-order chi connectivity index (χ0) is 15.2. The zero-order valence-electron chi connectivity index (χ0n) is 11.6. The third kappa shape index (κ3) is 4.03. The lowest BCUT2D eigenvalue weighted by atomic mass is 10.1. The number of halogens is 1. The van der Waals surface area contributed by atoms with Crippen molar-refractivity contribution in [2.24, 2.45) is 0 Å². The van der Waals surface area contributed by atoms with Crippen molar-refractivity contribution in [1.29, 1.82) is 0 Å². The van der Waals surface area contributed by atoms with Crippen molar-refractivity contribution < 1.29 is 19.0 Å². The van der Waals surface area contributed by atoms with Gasteiger partial charge in [-0.25, -0.2) is 4.39 Å². The van der Waals surface area contributed by atoms with Crippen LogP contribution in [0.3, 0.4) is 0 Å². The summed E-state index contributed by atoms with van der Waals surface area (Å²) in [4.78, 5) is 12.0. The maximum absolute atomic E-state index is 13.7. The summed E-state index contributed by atoms with van der Waals surface area (Å²) < 4.78 is 18.9. The summed E-state index contributed by atoms with van der Waals surface area (Å²) in [6.45, 7) is 1.90. The van der Waals surface area contributed by atoms with E-state index >= 15 is 0 Å². The summed E-state index contributed by atoms with van der Waals surface area (Å²) in [5.41, 5.74) is 1.30. The fourth-order valence-electron chi connectivity index (χ4n) is 1.80. The zero-order valence-corrected chi connectivity index (χ0v) is 11.6. The van der Waals surface area contributed by atoms with E-state index in [1.165, 1.54) is 12.1 Å². The molecule has 4 nitrogen and oxygen atoms in total. The molecular formula is C16H16FNO3. The van der Waals surface area contributed by atoms with Crippen molar-refractivity contribution in [2.75, 3.05) is 18.5 Å². The number of amides is 1. The molecular weight excluding hydrogens is 273 g/mol. The van der Waals surface area contributed by atoms with Crippen LogP contribution >= 0.6 is 0 Å². The Morgan fingerprint density at radius 1 is 1.24 bits per heavy atom. The predicted molar refractivity (Wildman–Crippen MR) is 78.1 cm³/mol. The molecule has 0 radical (unpaired) electrons. The Bertz CT molecular complexity index is 626. The lowest BCUT2D eigenvalue weighted by Gasteiger charge is -2.08. The predicted octanol–water partition coefficient (Wildman–Crippen LogP) is 2.76. The molecule has 1 amide bonds. The van der Waals surface area contributed by atoms with Crippen LogP contribution in [-0.2, 0) is 0 Å². The highest BCUT2D eigenvalue weighted by Crippen LogP contribution is 2.17. The maximum Gasteiger partial charge on any atom is 0.258 e. The Morgan fingerprint density at radius 2 is 1.95 bits per heavy atom. The molecule has 0 saturated carbocycles. The third-order valence-corrected chi connectivity index (χ3v) is 2.84. The van der Waals surface area contributed by atoms with Crippen molar-refractivity contribution >= 4 is 11.6 Å². The first-order chi connectivity index (χ1) is 10.1. The summed E-state index contributed by atoms with van der Waals surface area (Å²) in [6, 6.07) is 11.1. The molecule has 0 aliphatic heterocycles. The number of aryl methyl sites for hydroxylation is 1. The molecule has 5 heteroatoms. The highest BCUT2D eigenvalue weighted by molar-refractivity contribution is 6.04. The molecule has 0 saturated heterocycles. The Labute approximate surface area is 122 Å². The van der Waals surface area contributed by atoms with E-state index in [1.54, 1.807) is 37.3 Å². The molecule has 0 atom stereocenters. The summed E-state index contributed by atoms with van der Waals surface area (Å²) in [6.07, 6.45) is 0. The number of ether oxygens (including phenoxy) is 1. The van der Waals surface area contributed by atoms with E-state index in [9.17, 15) is 9.18 Å². The normalized spacial score (nSPS) is 10.2. The highest BCUT2D eigenvalue weighted by Gasteiger charge is 2.11. The number of hydrogen-bond acceptors (Lipinski definition) is 3. The van der Waals surface area contributed by atoms with Crippen molar-refractivity contribution in [1.82, 2.24) is 0 Å². The van der Waals surface area contributed by atoms with Crippen LogP contribution in [0.5, 0.6) is 5.75 Å². The van der Waals surface area contributed by atoms with Crippen molar-refractivity contribution in [2.45, 2.75) is 6.92 Å². The monoisotopic (exact) mass is 289 g/mol. The molecule has 0 bridgehead atoms. The van der Waals surface area contributed by atoms with Gasteiger partial charge in [-0.1, -0.05) is 6.07 Å². The lowest BCUT2D eigenvalue weighted by molar-refractivity contribution is 0.102. The molecule has 0 spiro atoms. The van der Waals surface area contributed by atoms with E-state index < -0.39 is 11.7 Å². The van der Waals surface area contributed by atoms with E-state index in [1.807, 2.05) is 0 Å². The molecule has 0 unspecified atom stereocenters. The Hall–Kier alpha value is -2.40. The average molecular weight is 289 g/mol. The first-order valence-corrected chi connectivity index (χ1v) is 6.51. The Balaban J connectivity index is 2.05. The van der Waals surface area contributed by atoms with Gasteiger partial charge in [-0.2, -0.15) is 0 Å². The van der Waals surface area contributed by atoms with Crippen LogP contribution in [-0.4, -0.2) is 24.2 Å². The van der Waals surface area contributed by atoms with Gasteiger partial charge in [0.1, 0.15) is 18.2 Å². The largest absolute Gasteiger partial charge is 0.491 e. The molecule has 110 valence electrons. The highest BCUT2D eigenvalue weighted by atomic mass is 19.1. The maximum atomic E-state index is 13.7. The van der Waals surface area contributed by atoms with Gasteiger partial charge >= 0.3 is 0 Å². The van der Waals surface area contributed by atoms with E-state index in [0.717, 1.165) is 5.56 Å². The first kappa shape index (κ1) is 15.0. The van der Waals surface area contributed by atoms with Gasteiger partial charge < -0.3 is 15.2 Å². The Morgan fingerprint density at radius 3 is 2.57 bits per heavy atom. The van der Waals surface area contributed by atoms with Crippen LogP contribution in [0.2, 0.25) is 0 Å². The van der Waals surface area contributed by atoms with Crippen LogP contribution in [0.25, 0.3) is 0 Å². The lowest BCUT2D eigenvalue weighted by Crippen LogP contribution is -2.13. The van der Waals surface area contributed by atoms with Gasteiger partial charge in [0, 0.05) is 5.69 Å². The van der Waals surface area contributed by atoms with Gasteiger partial charge in [0.2, 0.25) is 0 Å². The molecule has 0 aliphatic carbocycles. The number of hydrogen-bond donors (Lipinski definition) is 2. The van der Waals surface area contributed by atoms with E-state index in [0.29, 0.717) is 11.4 Å². The molecule has 0 heterocycles. The quantitative estimate of drug-likeness (QED) is 0.890. The summed E-state index contributed by atoms with van der Waals surface area (Å²) in [7, 11) is 0. The van der Waals surface area contributed by atoms with Crippen LogP contribution in [0.1, 0.15) is 15.9 Å². The van der Waals surface area contributed by atoms with Crippen LogP contribution in [0, 0.1) is 12.7 Å². The van der Waals surface area contributed by atoms with Gasteiger partial charge in [-0.15, -0.1) is 0 Å². The smallest absolute Gasteiger partial charge is 0.258 e. The molecule has 2 aromatic carbocycles. The van der Waals surface area contributed by atoms with Gasteiger partial charge in [0.25, 0.3) is 5.91 Å². The Kier molecular flexibility index (Phi) is 4.90. The SMILES string of the molecule is Cc1ccc(C(=O)Nc2ccc(OCCO)cc2)c(F)c1. The third-order valence-electron chi connectivity index (χ3n) is 2.84. The topological polar surface area (TPSA) is 58.6 Å². The van der Waals surface area contributed by atoms with Crippen molar-refractivity contribution in [3.05, 3.63) is 59.4 Å². The average Bonchev–Trinajstić information content (AvgIpc) is 2.46. The van der Waals surface area contributed by atoms with Crippen molar-refractivity contribution in [3.63, 3.8) is 0 Å². The standard InChI is InChI=1S/C16H16FNO3/c1-11-2-7-14(15(17)10-11)16(20)18-12-3-5-13(6-4-12)21-9-8-19/h2-7,10,19H,8-9H2,1H3,(H,18,20). The number of aliphatic hydroxyl groups is 1. The second-order valence-corrected chi connectivity index (χ2v) is 4.53. The number of nitrogens with one attached hydrogen (secondary N) is 1. The number of carbonyl (C=O) groups excluding carboxylic acids is 1. The number of benzene rings is 2. The number of aliphatic hydroxyl groups excluding tert-OH is 1. The van der Waals surface area contributed by atoms with Gasteiger partial charge in [-0.3, -0.25) is 4.79 Å². The first-order valence-electron chi connectivity index (χ1n) is 6.51. The number of carbonyl (C=O) groups is 1. The molecule has 0 aliphatic rings. The molecule has 0 aromatic heterocycles. The fourth-order valence-corrected chi connectivity index (χ4v) is 1.80. The van der Waals surface area contributed by atoms with Gasteiger partial charge in [-0.05, 0) is 48.9 Å². The van der Waals surface area contributed by atoms with E-state index in [-0.39, 0.29) is 18.8 Å². The summed E-state index contributed by atoms with van der Waals surface area (Å²) >= 11 is 0. The number of rotatable bonds is 5. The minimum absolute atomic E-state index is 0.00112. The summed E-state index contributed by atoms with van der Waals surface area (Å²) in [5.74, 6) is -0.463. The molecule has 21 heavy (non-hydrogen) atoms. The van der Waals surface area contributed by atoms with Crippen LogP contribution in [0.4, 0.5) is 10.1 Å². The molecule has 2 aromatic rings. The van der Waals surface area contributed by atoms with E-state index in [2.05, 4.69) is 5.32 Å². The molecule has 2 N–H and O–H groups in total. The number of anilines is 1. The van der Waals surface area contributed by atoms with Crippen molar-refractivity contribution in [3.8, 4) is 5.75 Å². The molecule has 0 fully saturated rings. The summed E-state index contributed by atoms with van der Waals surface area (Å²) in [5, 5.41) is 11.3. The van der Waals surface area contributed by atoms with Gasteiger partial charge in [0.05, 0.1) is 12.2 Å². The second kappa shape index (κ2) is 6.85. The molecule has 2 rings (SSSR count). The fraction of sp³-hybridized carbons (Fsp3) is 0.188. The minimum Gasteiger partial charge on any atom is -0.491 e. The van der Waals surface area contributed by atoms with Gasteiger partial charge in [0.15, 0.2) is 0 Å². The van der Waals surface area contributed by atoms with E-state index in [4.69, 9.17) is 9.84 Å². The van der Waals surface area contributed by atoms with Crippen LogP contribution in [0.15, 0.2) is 42.5 Å². The van der Waals surface area contributed by atoms with Crippen LogP contribution < -0.4 is 10.1 Å². The minimum atomic E-state index is -0.546.